The molecule has 0 spiro atoms. The molecule has 0 aliphatic rings. The summed E-state index contributed by atoms with van der Waals surface area (Å²) in [5.41, 5.74) is 8.29. The SMILES string of the molecule is NCc1ccc(-c2ccc(Cl)cc2Cl)c(Cl)c1. The molecule has 4 heteroatoms. The average Bonchev–Trinajstić information content (AvgIpc) is 2.30. The van der Waals surface area contributed by atoms with Gasteiger partial charge in [-0.1, -0.05) is 53.0 Å². The predicted molar refractivity (Wildman–Crippen MR) is 74.8 cm³/mol. The molecule has 0 aliphatic heterocycles. The Hall–Kier alpha value is -0.730. The van der Waals surface area contributed by atoms with Crippen LogP contribution in [-0.4, -0.2) is 0 Å². The third kappa shape index (κ3) is 2.75. The van der Waals surface area contributed by atoms with Gasteiger partial charge in [-0.3, -0.25) is 0 Å². The van der Waals surface area contributed by atoms with Gasteiger partial charge in [0.1, 0.15) is 0 Å². The molecule has 0 atom stereocenters. The zero-order valence-corrected chi connectivity index (χ0v) is 11.2. The lowest BCUT2D eigenvalue weighted by atomic mass is 10.0. The first-order chi connectivity index (χ1) is 8.11. The molecule has 0 aliphatic carbocycles. The van der Waals surface area contributed by atoms with E-state index in [9.17, 15) is 0 Å². The van der Waals surface area contributed by atoms with Crippen molar-refractivity contribution in [1.29, 1.82) is 0 Å². The summed E-state index contributed by atoms with van der Waals surface area (Å²) < 4.78 is 0. The largest absolute Gasteiger partial charge is 0.326 e. The monoisotopic (exact) mass is 285 g/mol. The fraction of sp³-hybridized carbons (Fsp3) is 0.0769. The van der Waals surface area contributed by atoms with Crippen molar-refractivity contribution in [2.75, 3.05) is 0 Å². The number of rotatable bonds is 2. The second-order valence-electron chi connectivity index (χ2n) is 3.64. The zero-order valence-electron chi connectivity index (χ0n) is 8.88. The van der Waals surface area contributed by atoms with Crippen molar-refractivity contribution in [3.05, 3.63) is 57.0 Å². The van der Waals surface area contributed by atoms with E-state index in [2.05, 4.69) is 0 Å². The maximum Gasteiger partial charge on any atom is 0.0499 e. The van der Waals surface area contributed by atoms with E-state index >= 15 is 0 Å². The quantitative estimate of drug-likeness (QED) is 0.845. The molecule has 0 saturated heterocycles. The van der Waals surface area contributed by atoms with Crippen LogP contribution in [0.3, 0.4) is 0 Å². The molecule has 1 nitrogen and oxygen atoms in total. The van der Waals surface area contributed by atoms with Crippen molar-refractivity contribution in [2.45, 2.75) is 6.54 Å². The van der Waals surface area contributed by atoms with Crippen LogP contribution in [0.1, 0.15) is 5.56 Å². The van der Waals surface area contributed by atoms with Crippen molar-refractivity contribution >= 4 is 34.8 Å². The van der Waals surface area contributed by atoms with E-state index in [4.69, 9.17) is 40.5 Å². The van der Waals surface area contributed by atoms with Gasteiger partial charge in [0.25, 0.3) is 0 Å². The van der Waals surface area contributed by atoms with Crippen LogP contribution in [0.15, 0.2) is 36.4 Å². The van der Waals surface area contributed by atoms with Crippen LogP contribution >= 0.6 is 34.8 Å². The molecule has 2 N–H and O–H groups in total. The molecule has 0 bridgehead atoms. The van der Waals surface area contributed by atoms with Gasteiger partial charge in [0.15, 0.2) is 0 Å². The minimum Gasteiger partial charge on any atom is -0.326 e. The highest BCUT2D eigenvalue weighted by atomic mass is 35.5. The van der Waals surface area contributed by atoms with Crippen molar-refractivity contribution in [3.8, 4) is 11.1 Å². The normalized spacial score (nSPS) is 10.6. The Kier molecular flexibility index (Phi) is 3.95. The molecule has 88 valence electrons. The minimum absolute atomic E-state index is 0.467. The summed E-state index contributed by atoms with van der Waals surface area (Å²) in [5.74, 6) is 0. The van der Waals surface area contributed by atoms with E-state index in [-0.39, 0.29) is 0 Å². The predicted octanol–water partition coefficient (Wildman–Crippen LogP) is 4.77. The smallest absolute Gasteiger partial charge is 0.0499 e. The van der Waals surface area contributed by atoms with Crippen molar-refractivity contribution in [2.24, 2.45) is 5.73 Å². The maximum absolute atomic E-state index is 6.21. The Balaban J connectivity index is 2.53. The number of benzene rings is 2. The standard InChI is InChI=1S/C13H10Cl3N/c14-9-2-4-11(13(16)6-9)10-3-1-8(7-17)5-12(10)15/h1-6H,7,17H2. The Labute approximate surface area is 115 Å². The molecule has 17 heavy (non-hydrogen) atoms. The van der Waals surface area contributed by atoms with Gasteiger partial charge in [0.05, 0.1) is 0 Å². The van der Waals surface area contributed by atoms with E-state index in [1.165, 1.54) is 0 Å². The number of halogens is 3. The fourth-order valence-electron chi connectivity index (χ4n) is 1.61. The molecule has 2 aromatic rings. The molecule has 0 unspecified atom stereocenters. The lowest BCUT2D eigenvalue weighted by Gasteiger charge is -2.08. The first-order valence-electron chi connectivity index (χ1n) is 5.05. The number of hydrogen-bond donors (Lipinski definition) is 1. The Morgan fingerprint density at radius 2 is 1.41 bits per heavy atom. The zero-order chi connectivity index (χ0) is 12.4. The second-order valence-corrected chi connectivity index (χ2v) is 4.89. The third-order valence-electron chi connectivity index (χ3n) is 2.49. The van der Waals surface area contributed by atoms with E-state index in [1.54, 1.807) is 12.1 Å². The van der Waals surface area contributed by atoms with Crippen LogP contribution in [0.2, 0.25) is 15.1 Å². The number of nitrogens with two attached hydrogens (primary N) is 1. The van der Waals surface area contributed by atoms with Gasteiger partial charge in [0, 0.05) is 32.7 Å². The van der Waals surface area contributed by atoms with Crippen molar-refractivity contribution in [1.82, 2.24) is 0 Å². The molecule has 0 radical (unpaired) electrons. The molecule has 0 amide bonds. The fourth-order valence-corrected chi connectivity index (χ4v) is 2.43. The Morgan fingerprint density at radius 3 is 1.94 bits per heavy atom. The van der Waals surface area contributed by atoms with Gasteiger partial charge in [-0.2, -0.15) is 0 Å². The summed E-state index contributed by atoms with van der Waals surface area (Å²) in [7, 11) is 0. The molecular formula is C13H10Cl3N. The molecule has 0 heterocycles. The summed E-state index contributed by atoms with van der Waals surface area (Å²) >= 11 is 18.2. The highest BCUT2D eigenvalue weighted by Gasteiger charge is 2.08. The lowest BCUT2D eigenvalue weighted by Crippen LogP contribution is -1.96. The van der Waals surface area contributed by atoms with Crippen LogP contribution in [0, 0.1) is 0 Å². The van der Waals surface area contributed by atoms with Crippen LogP contribution < -0.4 is 5.73 Å². The Morgan fingerprint density at radius 1 is 0.824 bits per heavy atom. The first-order valence-corrected chi connectivity index (χ1v) is 6.19. The van der Waals surface area contributed by atoms with E-state index in [1.807, 2.05) is 24.3 Å². The topological polar surface area (TPSA) is 26.0 Å². The molecule has 0 fully saturated rings. The Bertz CT molecular complexity index is 552. The van der Waals surface area contributed by atoms with E-state index in [0.29, 0.717) is 21.6 Å². The number of hydrogen-bond acceptors (Lipinski definition) is 1. The van der Waals surface area contributed by atoms with Gasteiger partial charge < -0.3 is 5.73 Å². The highest BCUT2D eigenvalue weighted by molar-refractivity contribution is 6.38. The lowest BCUT2D eigenvalue weighted by molar-refractivity contribution is 1.07. The van der Waals surface area contributed by atoms with Gasteiger partial charge in [0.2, 0.25) is 0 Å². The van der Waals surface area contributed by atoms with Crippen molar-refractivity contribution < 1.29 is 0 Å². The maximum atomic E-state index is 6.21. The summed E-state index contributed by atoms with van der Waals surface area (Å²) in [6.45, 7) is 0.467. The van der Waals surface area contributed by atoms with E-state index < -0.39 is 0 Å². The van der Waals surface area contributed by atoms with Crippen LogP contribution in [0.4, 0.5) is 0 Å². The second kappa shape index (κ2) is 5.28. The molecule has 2 aromatic carbocycles. The van der Waals surface area contributed by atoms with Gasteiger partial charge in [-0.05, 0) is 23.8 Å². The van der Waals surface area contributed by atoms with Crippen LogP contribution in [-0.2, 0) is 6.54 Å². The van der Waals surface area contributed by atoms with E-state index in [0.717, 1.165) is 16.7 Å². The molecule has 0 aromatic heterocycles. The average molecular weight is 287 g/mol. The summed E-state index contributed by atoms with van der Waals surface area (Å²) in [6, 6.07) is 11.0. The molecular weight excluding hydrogens is 277 g/mol. The van der Waals surface area contributed by atoms with Crippen LogP contribution in [0.25, 0.3) is 11.1 Å². The summed E-state index contributed by atoms with van der Waals surface area (Å²) in [4.78, 5) is 0. The van der Waals surface area contributed by atoms with Gasteiger partial charge in [-0.25, -0.2) is 0 Å². The summed E-state index contributed by atoms with van der Waals surface area (Å²) in [6.07, 6.45) is 0. The summed E-state index contributed by atoms with van der Waals surface area (Å²) in [5, 5.41) is 1.82. The molecule has 2 rings (SSSR count). The third-order valence-corrected chi connectivity index (χ3v) is 3.35. The minimum atomic E-state index is 0.467. The highest BCUT2D eigenvalue weighted by Crippen LogP contribution is 2.35. The first kappa shape index (κ1) is 12.7. The van der Waals surface area contributed by atoms with Gasteiger partial charge in [-0.15, -0.1) is 0 Å². The van der Waals surface area contributed by atoms with Gasteiger partial charge >= 0.3 is 0 Å². The van der Waals surface area contributed by atoms with Crippen molar-refractivity contribution in [3.63, 3.8) is 0 Å². The molecule has 0 saturated carbocycles. The van der Waals surface area contributed by atoms with Crippen LogP contribution in [0.5, 0.6) is 0 Å².